The molecule has 11 heteroatoms. The molecule has 0 fully saturated rings. The van der Waals surface area contributed by atoms with E-state index in [1.807, 2.05) is 0 Å². The van der Waals surface area contributed by atoms with Gasteiger partial charge in [-0.2, -0.15) is 18.3 Å². The first kappa shape index (κ1) is 24.0. The molecular weight excluding hydrogens is 447 g/mol. The second-order valence-corrected chi connectivity index (χ2v) is 8.38. The van der Waals surface area contributed by atoms with Gasteiger partial charge in [-0.1, -0.05) is 12.2 Å². The van der Waals surface area contributed by atoms with Gasteiger partial charge < -0.3 is 4.74 Å². The maximum Gasteiger partial charge on any atom is 0.416 e. The van der Waals surface area contributed by atoms with Crippen LogP contribution in [0.2, 0.25) is 0 Å². The molecule has 1 aliphatic carbocycles. The Hall–Kier alpha value is -2.66. The number of anilines is 1. The Morgan fingerprint density at radius 1 is 1.41 bits per heavy atom. The number of hydrogen-bond acceptors (Lipinski definition) is 4. The van der Waals surface area contributed by atoms with E-state index in [2.05, 4.69) is 11.7 Å². The molecule has 0 saturated heterocycles. The van der Waals surface area contributed by atoms with Crippen molar-refractivity contribution in [2.24, 2.45) is 0 Å². The summed E-state index contributed by atoms with van der Waals surface area (Å²) in [4.78, 5) is 11.9. The van der Waals surface area contributed by atoms with Gasteiger partial charge in [-0.05, 0) is 56.9 Å². The van der Waals surface area contributed by atoms with E-state index < -0.39 is 35.0 Å². The van der Waals surface area contributed by atoms with Crippen molar-refractivity contribution in [3.63, 3.8) is 0 Å². The summed E-state index contributed by atoms with van der Waals surface area (Å²) in [5.74, 6) is -0.466. The van der Waals surface area contributed by atoms with E-state index in [0.717, 1.165) is 16.4 Å². The second kappa shape index (κ2) is 9.45. The molecule has 0 aliphatic heterocycles. The predicted octanol–water partition coefficient (Wildman–Crippen LogP) is 4.52. The maximum atomic E-state index is 13.5. The number of aromatic nitrogens is 2. The van der Waals surface area contributed by atoms with Crippen LogP contribution in [0.15, 0.2) is 31.0 Å². The first-order chi connectivity index (χ1) is 15.0. The standard InChI is InChI=1S/C21H24F3N3O4S/c1-4-31-20(28)12-26-18-6-5-7-19(17(18)11-25-26)27(32(29)30)16-9-14(13(2)3)8-15(10-16)21(22,23)24/h8-11,19H,2,4-7,12H2,1,3H3,(H,29,30)/t19-/m1/s1. The van der Waals surface area contributed by atoms with E-state index in [-0.39, 0.29) is 24.4 Å². The molecule has 1 heterocycles. The third-order valence-corrected chi connectivity index (χ3v) is 6.06. The molecule has 0 saturated carbocycles. The van der Waals surface area contributed by atoms with Crippen LogP contribution in [0.25, 0.3) is 5.57 Å². The number of benzene rings is 1. The van der Waals surface area contributed by atoms with E-state index >= 15 is 0 Å². The van der Waals surface area contributed by atoms with Crippen molar-refractivity contribution < 1.29 is 31.5 Å². The van der Waals surface area contributed by atoms with Crippen LogP contribution in [0.1, 0.15) is 55.1 Å². The number of alkyl halides is 3. The maximum absolute atomic E-state index is 13.5. The van der Waals surface area contributed by atoms with E-state index in [4.69, 9.17) is 4.74 Å². The highest BCUT2D eigenvalue weighted by Gasteiger charge is 2.36. The summed E-state index contributed by atoms with van der Waals surface area (Å²) < 4.78 is 70.4. The molecule has 1 unspecified atom stereocenters. The minimum atomic E-state index is -4.63. The minimum absolute atomic E-state index is 0.0466. The molecule has 0 bridgehead atoms. The Kier molecular flexibility index (Phi) is 7.09. The van der Waals surface area contributed by atoms with Crippen LogP contribution in [-0.4, -0.2) is 31.1 Å². The van der Waals surface area contributed by atoms with Crippen molar-refractivity contribution >= 4 is 28.5 Å². The summed E-state index contributed by atoms with van der Waals surface area (Å²) in [5.41, 5.74) is 0.924. The Bertz CT molecular complexity index is 1050. The molecule has 0 spiro atoms. The van der Waals surface area contributed by atoms with Crippen LogP contribution in [0, 0.1) is 0 Å². The van der Waals surface area contributed by atoms with Gasteiger partial charge in [-0.25, -0.2) is 4.21 Å². The molecule has 7 nitrogen and oxygen atoms in total. The zero-order valence-corrected chi connectivity index (χ0v) is 18.5. The molecule has 0 amide bonds. The van der Waals surface area contributed by atoms with E-state index in [1.54, 1.807) is 13.8 Å². The first-order valence-electron chi connectivity index (χ1n) is 10.0. The van der Waals surface area contributed by atoms with Crippen molar-refractivity contribution in [2.45, 2.75) is 51.9 Å². The SMILES string of the molecule is C=C(C)c1cc(N([C@@H]2CCCc3c2cnn3CC(=O)OCC)S(=O)O)cc(C(F)(F)F)c1. The molecule has 174 valence electrons. The molecule has 1 N–H and O–H groups in total. The van der Waals surface area contributed by atoms with Gasteiger partial charge in [0.05, 0.1) is 30.1 Å². The molecule has 2 aromatic rings. The summed E-state index contributed by atoms with van der Waals surface area (Å²) >= 11 is -2.61. The molecular formula is C21H24F3N3O4S. The number of fused-ring (bicyclic) bond motifs is 1. The van der Waals surface area contributed by atoms with Crippen molar-refractivity contribution in [1.29, 1.82) is 0 Å². The van der Waals surface area contributed by atoms with Crippen LogP contribution in [0.4, 0.5) is 18.9 Å². The number of esters is 1. The molecule has 2 atom stereocenters. The molecule has 32 heavy (non-hydrogen) atoms. The van der Waals surface area contributed by atoms with Crippen LogP contribution in [0.3, 0.4) is 0 Å². The highest BCUT2D eigenvalue weighted by Crippen LogP contribution is 2.41. The fourth-order valence-electron chi connectivity index (χ4n) is 3.83. The van der Waals surface area contributed by atoms with Crippen LogP contribution in [0.5, 0.6) is 0 Å². The summed E-state index contributed by atoms with van der Waals surface area (Å²) in [7, 11) is 0. The lowest BCUT2D eigenvalue weighted by atomic mass is 9.92. The zero-order chi connectivity index (χ0) is 23.6. The second-order valence-electron chi connectivity index (χ2n) is 7.52. The van der Waals surface area contributed by atoms with E-state index in [9.17, 15) is 26.7 Å². The number of hydrogen-bond donors (Lipinski definition) is 1. The smallest absolute Gasteiger partial charge is 0.416 e. The van der Waals surface area contributed by atoms with Gasteiger partial charge in [-0.3, -0.25) is 18.3 Å². The highest BCUT2D eigenvalue weighted by molar-refractivity contribution is 7.80. The summed E-state index contributed by atoms with van der Waals surface area (Å²) in [6.07, 6.45) is -1.53. The number of nitrogens with zero attached hydrogens (tertiary/aromatic N) is 3. The molecule has 1 aliphatic rings. The van der Waals surface area contributed by atoms with Crippen LogP contribution < -0.4 is 4.31 Å². The van der Waals surface area contributed by atoms with Crippen molar-refractivity contribution in [2.75, 3.05) is 10.9 Å². The van der Waals surface area contributed by atoms with Crippen LogP contribution >= 0.6 is 0 Å². The molecule has 1 aromatic carbocycles. The van der Waals surface area contributed by atoms with Gasteiger partial charge in [-0.15, -0.1) is 0 Å². The fraction of sp³-hybridized carbons (Fsp3) is 0.429. The Labute approximate surface area is 186 Å². The topological polar surface area (TPSA) is 84.7 Å². The lowest BCUT2D eigenvalue weighted by molar-refractivity contribution is -0.144. The van der Waals surface area contributed by atoms with Gasteiger partial charge >= 0.3 is 12.1 Å². The number of allylic oxidation sites excluding steroid dienone is 1. The van der Waals surface area contributed by atoms with Crippen molar-refractivity contribution in [3.05, 3.63) is 53.4 Å². The number of carbonyl (C=O) groups is 1. The Morgan fingerprint density at radius 3 is 2.72 bits per heavy atom. The van der Waals surface area contributed by atoms with Gasteiger partial charge in [0.25, 0.3) is 11.3 Å². The highest BCUT2D eigenvalue weighted by atomic mass is 32.2. The number of carbonyl (C=O) groups excluding carboxylic acids is 1. The third kappa shape index (κ3) is 5.04. The largest absolute Gasteiger partial charge is 0.465 e. The minimum Gasteiger partial charge on any atom is -0.465 e. The van der Waals surface area contributed by atoms with E-state index in [1.165, 1.54) is 16.9 Å². The quantitative estimate of drug-likeness (QED) is 0.474. The lowest BCUT2D eigenvalue weighted by Gasteiger charge is -2.33. The molecule has 1 aromatic heterocycles. The van der Waals surface area contributed by atoms with Crippen molar-refractivity contribution in [1.82, 2.24) is 9.78 Å². The molecule has 0 radical (unpaired) electrons. The van der Waals surface area contributed by atoms with Gasteiger partial charge in [0.1, 0.15) is 6.54 Å². The summed E-state index contributed by atoms with van der Waals surface area (Å²) in [6.45, 7) is 7.08. The zero-order valence-electron chi connectivity index (χ0n) is 17.7. The lowest BCUT2D eigenvalue weighted by Crippen LogP contribution is -2.33. The van der Waals surface area contributed by atoms with Gasteiger partial charge in [0.2, 0.25) is 0 Å². The average Bonchev–Trinajstić information content (AvgIpc) is 3.11. The predicted molar refractivity (Wildman–Crippen MR) is 114 cm³/mol. The third-order valence-electron chi connectivity index (χ3n) is 5.26. The fourth-order valence-corrected chi connectivity index (χ4v) is 4.55. The van der Waals surface area contributed by atoms with E-state index in [0.29, 0.717) is 36.1 Å². The van der Waals surface area contributed by atoms with Gasteiger partial charge in [0.15, 0.2) is 0 Å². The van der Waals surface area contributed by atoms with Gasteiger partial charge in [0, 0.05) is 11.3 Å². The van der Waals surface area contributed by atoms with Crippen molar-refractivity contribution in [3.8, 4) is 0 Å². The summed E-state index contributed by atoms with van der Waals surface area (Å²) in [5, 5.41) is 4.22. The Morgan fingerprint density at radius 2 is 2.12 bits per heavy atom. The monoisotopic (exact) mass is 471 g/mol. The summed E-state index contributed by atoms with van der Waals surface area (Å²) in [6, 6.07) is 2.55. The van der Waals surface area contributed by atoms with Crippen LogP contribution in [-0.2, 0) is 39.9 Å². The number of rotatable bonds is 7. The number of ether oxygens (including phenoxy) is 1. The average molecular weight is 472 g/mol. The normalized spacial score (nSPS) is 16.9. The molecule has 3 rings (SSSR count). The Balaban J connectivity index is 2.06. The number of halogens is 3. The first-order valence-corrected chi connectivity index (χ1v) is 11.1.